The number of rotatable bonds is 1. The van der Waals surface area contributed by atoms with Crippen molar-refractivity contribution in [2.45, 2.75) is 19.0 Å². The Kier molecular flexibility index (Phi) is 0.913. The van der Waals surface area contributed by atoms with Crippen LogP contribution in [0.4, 0.5) is 0 Å². The van der Waals surface area contributed by atoms with E-state index in [0.717, 1.165) is 19.5 Å². The molecule has 2 aliphatic rings. The minimum absolute atomic E-state index is 0.0933. The van der Waals surface area contributed by atoms with Gasteiger partial charge in [-0.2, -0.15) is 10.2 Å². The van der Waals surface area contributed by atoms with Crippen LogP contribution >= 0.6 is 0 Å². The van der Waals surface area contributed by atoms with Crippen LogP contribution in [0.2, 0.25) is 0 Å². The fourth-order valence-corrected chi connectivity index (χ4v) is 1.36. The summed E-state index contributed by atoms with van der Waals surface area (Å²) in [6.45, 7) is 5.58. The summed E-state index contributed by atoms with van der Waals surface area (Å²) in [5, 5.41) is 8.03. The zero-order valence-electron chi connectivity index (χ0n) is 5.67. The van der Waals surface area contributed by atoms with Gasteiger partial charge in [-0.3, -0.25) is 4.90 Å². The topological polar surface area (TPSA) is 28.0 Å². The molecule has 0 aromatic rings. The third-order valence-electron chi connectivity index (χ3n) is 2.14. The summed E-state index contributed by atoms with van der Waals surface area (Å²) in [7, 11) is 0. The predicted octanol–water partition coefficient (Wildman–Crippen LogP) is 0.874. The molecule has 50 valence electrons. The SMILES string of the molecule is CCN1CCC2(C1)N=N2. The van der Waals surface area contributed by atoms with Gasteiger partial charge in [0.05, 0.1) is 0 Å². The highest BCUT2D eigenvalue weighted by molar-refractivity contribution is 5.01. The predicted molar refractivity (Wildman–Crippen MR) is 34.3 cm³/mol. The van der Waals surface area contributed by atoms with E-state index in [2.05, 4.69) is 22.1 Å². The first kappa shape index (κ1) is 5.35. The second-order valence-corrected chi connectivity index (χ2v) is 2.80. The number of hydrogen-bond acceptors (Lipinski definition) is 3. The number of likely N-dealkylation sites (N-methyl/N-ethyl adjacent to an activating group) is 1. The maximum atomic E-state index is 4.01. The fraction of sp³-hybridized carbons (Fsp3) is 1.00. The summed E-state index contributed by atoms with van der Waals surface area (Å²) in [5.41, 5.74) is 0.0933. The van der Waals surface area contributed by atoms with E-state index < -0.39 is 0 Å². The van der Waals surface area contributed by atoms with Crippen molar-refractivity contribution in [2.75, 3.05) is 19.6 Å². The molecule has 2 rings (SSSR count). The first-order valence-electron chi connectivity index (χ1n) is 3.51. The Morgan fingerprint density at radius 3 is 2.67 bits per heavy atom. The van der Waals surface area contributed by atoms with Crippen LogP contribution in [-0.2, 0) is 0 Å². The van der Waals surface area contributed by atoms with Gasteiger partial charge in [-0.05, 0) is 6.54 Å². The Morgan fingerprint density at radius 1 is 1.56 bits per heavy atom. The van der Waals surface area contributed by atoms with Crippen LogP contribution in [0.25, 0.3) is 0 Å². The van der Waals surface area contributed by atoms with Crippen LogP contribution in [0.1, 0.15) is 13.3 Å². The van der Waals surface area contributed by atoms with Gasteiger partial charge in [-0.25, -0.2) is 0 Å². The molecule has 0 unspecified atom stereocenters. The van der Waals surface area contributed by atoms with Crippen LogP contribution in [-0.4, -0.2) is 30.2 Å². The zero-order chi connectivity index (χ0) is 6.32. The van der Waals surface area contributed by atoms with Gasteiger partial charge < -0.3 is 0 Å². The van der Waals surface area contributed by atoms with E-state index in [1.165, 1.54) is 6.54 Å². The van der Waals surface area contributed by atoms with Gasteiger partial charge in [-0.15, -0.1) is 0 Å². The molecule has 9 heavy (non-hydrogen) atoms. The Bertz CT molecular complexity index is 146. The normalized spacial score (nSPS) is 29.9. The lowest BCUT2D eigenvalue weighted by molar-refractivity contribution is 0.348. The lowest BCUT2D eigenvalue weighted by atomic mass is 10.2. The van der Waals surface area contributed by atoms with E-state index in [-0.39, 0.29) is 5.66 Å². The molecule has 0 bridgehead atoms. The number of likely N-dealkylation sites (tertiary alicyclic amines) is 1. The van der Waals surface area contributed by atoms with Crippen LogP contribution in [0.15, 0.2) is 10.2 Å². The molecule has 0 aromatic carbocycles. The van der Waals surface area contributed by atoms with E-state index in [1.807, 2.05) is 0 Å². The Hall–Kier alpha value is -0.440. The maximum Gasteiger partial charge on any atom is 0.204 e. The first-order valence-corrected chi connectivity index (χ1v) is 3.51. The molecule has 0 atom stereocenters. The van der Waals surface area contributed by atoms with Crippen LogP contribution in [0.5, 0.6) is 0 Å². The second kappa shape index (κ2) is 1.53. The van der Waals surface area contributed by atoms with Crippen molar-refractivity contribution in [3.63, 3.8) is 0 Å². The van der Waals surface area contributed by atoms with Crippen molar-refractivity contribution in [1.82, 2.24) is 4.90 Å². The quantitative estimate of drug-likeness (QED) is 0.511. The zero-order valence-corrected chi connectivity index (χ0v) is 5.67. The van der Waals surface area contributed by atoms with Crippen LogP contribution in [0.3, 0.4) is 0 Å². The summed E-state index contributed by atoms with van der Waals surface area (Å²) in [5.74, 6) is 0. The minimum atomic E-state index is 0.0933. The highest BCUT2D eigenvalue weighted by Gasteiger charge is 2.45. The summed E-state index contributed by atoms with van der Waals surface area (Å²) in [6, 6.07) is 0. The van der Waals surface area contributed by atoms with E-state index in [0.29, 0.717) is 0 Å². The van der Waals surface area contributed by atoms with E-state index in [9.17, 15) is 0 Å². The molecular formula is C6H11N3. The highest BCUT2D eigenvalue weighted by atomic mass is 15.5. The van der Waals surface area contributed by atoms with Gasteiger partial charge >= 0.3 is 0 Å². The van der Waals surface area contributed by atoms with Gasteiger partial charge in [0.25, 0.3) is 0 Å². The molecule has 0 N–H and O–H groups in total. The standard InChI is InChI=1S/C6H11N3/c1-2-9-4-3-6(5-9)7-8-6/h2-5H2,1H3. The van der Waals surface area contributed by atoms with Gasteiger partial charge in [-0.1, -0.05) is 6.92 Å². The van der Waals surface area contributed by atoms with Gasteiger partial charge in [0, 0.05) is 19.5 Å². The number of hydrogen-bond donors (Lipinski definition) is 0. The lowest BCUT2D eigenvalue weighted by Crippen LogP contribution is -2.22. The third kappa shape index (κ3) is 0.758. The molecule has 2 heterocycles. The molecule has 3 nitrogen and oxygen atoms in total. The smallest absolute Gasteiger partial charge is 0.204 e. The molecule has 0 amide bonds. The van der Waals surface area contributed by atoms with Gasteiger partial charge in [0.1, 0.15) is 0 Å². The Balaban J connectivity index is 1.94. The van der Waals surface area contributed by atoms with Crippen molar-refractivity contribution in [3.8, 4) is 0 Å². The molecular weight excluding hydrogens is 114 g/mol. The lowest BCUT2D eigenvalue weighted by Gasteiger charge is -2.08. The molecule has 0 aromatic heterocycles. The summed E-state index contributed by atoms with van der Waals surface area (Å²) < 4.78 is 0. The van der Waals surface area contributed by atoms with Crippen molar-refractivity contribution < 1.29 is 0 Å². The molecule has 1 saturated heterocycles. The molecule has 0 saturated carbocycles. The van der Waals surface area contributed by atoms with E-state index in [1.54, 1.807) is 0 Å². The first-order chi connectivity index (χ1) is 4.35. The summed E-state index contributed by atoms with van der Waals surface area (Å²) in [4.78, 5) is 2.39. The second-order valence-electron chi connectivity index (χ2n) is 2.80. The number of nitrogens with zero attached hydrogens (tertiary/aromatic N) is 3. The molecule has 1 spiro atoms. The summed E-state index contributed by atoms with van der Waals surface area (Å²) >= 11 is 0. The van der Waals surface area contributed by atoms with Crippen molar-refractivity contribution in [3.05, 3.63) is 0 Å². The van der Waals surface area contributed by atoms with Crippen molar-refractivity contribution in [2.24, 2.45) is 10.2 Å². The average Bonchev–Trinajstić information content (AvgIpc) is 2.44. The van der Waals surface area contributed by atoms with Gasteiger partial charge in [0.15, 0.2) is 0 Å². The summed E-state index contributed by atoms with van der Waals surface area (Å²) in [6.07, 6.45) is 1.15. The highest BCUT2D eigenvalue weighted by Crippen LogP contribution is 2.37. The molecule has 2 aliphatic heterocycles. The molecule has 0 aliphatic carbocycles. The van der Waals surface area contributed by atoms with Gasteiger partial charge in [0.2, 0.25) is 5.66 Å². The van der Waals surface area contributed by atoms with Crippen molar-refractivity contribution >= 4 is 0 Å². The van der Waals surface area contributed by atoms with E-state index in [4.69, 9.17) is 0 Å². The van der Waals surface area contributed by atoms with Crippen LogP contribution in [0, 0.1) is 0 Å². The molecule has 1 fully saturated rings. The molecule has 3 heteroatoms. The third-order valence-corrected chi connectivity index (χ3v) is 2.14. The average molecular weight is 125 g/mol. The van der Waals surface area contributed by atoms with E-state index >= 15 is 0 Å². The monoisotopic (exact) mass is 125 g/mol. The maximum absolute atomic E-state index is 4.01. The molecule has 0 radical (unpaired) electrons. The largest absolute Gasteiger partial charge is 0.299 e. The Morgan fingerprint density at radius 2 is 2.33 bits per heavy atom. The fourth-order valence-electron chi connectivity index (χ4n) is 1.36. The van der Waals surface area contributed by atoms with Crippen molar-refractivity contribution in [1.29, 1.82) is 0 Å². The van der Waals surface area contributed by atoms with Crippen LogP contribution < -0.4 is 0 Å². The minimum Gasteiger partial charge on any atom is -0.299 e. The Labute approximate surface area is 54.8 Å².